The van der Waals surface area contributed by atoms with E-state index >= 15 is 0 Å². The molecule has 5 heteroatoms. The van der Waals surface area contributed by atoms with Crippen LogP contribution in [0.1, 0.15) is 20.8 Å². The van der Waals surface area contributed by atoms with Gasteiger partial charge < -0.3 is 4.74 Å². The third-order valence-electron chi connectivity index (χ3n) is 1.01. The molecule has 0 amide bonds. The lowest BCUT2D eigenvalue weighted by Crippen LogP contribution is -2.34. The second-order valence-electron chi connectivity index (χ2n) is 2.77. The first-order valence-corrected chi connectivity index (χ1v) is 3.43. The summed E-state index contributed by atoms with van der Waals surface area (Å²) in [6.07, 6.45) is -4.97. The summed E-state index contributed by atoms with van der Waals surface area (Å²) in [4.78, 5) is 10.3. The molecule has 0 radical (unpaired) electrons. The van der Waals surface area contributed by atoms with E-state index in [0.717, 1.165) is 0 Å². The maximum absolute atomic E-state index is 11.7. The molecular weight excluding hydrogens is 185 g/mol. The molecule has 0 N–H and O–H groups in total. The van der Waals surface area contributed by atoms with Gasteiger partial charge in [0.15, 0.2) is 5.60 Å². The molecule has 0 saturated heterocycles. The molecule has 0 bridgehead atoms. The topological polar surface area (TPSA) is 26.3 Å². The Hall–Kier alpha value is -1.18. The fourth-order valence-electron chi connectivity index (χ4n) is 0.616. The van der Waals surface area contributed by atoms with E-state index in [9.17, 15) is 18.0 Å². The Morgan fingerprint density at radius 1 is 1.31 bits per heavy atom. The lowest BCUT2D eigenvalue weighted by atomic mass is 10.1. The van der Waals surface area contributed by atoms with E-state index in [0.29, 0.717) is 0 Å². The zero-order valence-electron chi connectivity index (χ0n) is 7.45. The molecule has 0 aromatic carbocycles. The van der Waals surface area contributed by atoms with Crippen LogP contribution in [0.3, 0.4) is 0 Å². The fraction of sp³-hybridized carbons (Fsp3) is 0.625. The average molecular weight is 194 g/mol. The van der Waals surface area contributed by atoms with Gasteiger partial charge in [-0.1, -0.05) is 5.92 Å². The Morgan fingerprint density at radius 3 is 2.08 bits per heavy atom. The number of ether oxygens (including phenoxy) is 1. The van der Waals surface area contributed by atoms with Gasteiger partial charge in [-0.05, 0) is 20.8 Å². The molecule has 0 aliphatic heterocycles. The van der Waals surface area contributed by atoms with Crippen molar-refractivity contribution < 1.29 is 22.7 Å². The predicted octanol–water partition coefficient (Wildman–Crippen LogP) is 1.89. The van der Waals surface area contributed by atoms with E-state index < -0.39 is 17.7 Å². The van der Waals surface area contributed by atoms with Gasteiger partial charge in [0.05, 0.1) is 0 Å². The number of hydrogen-bond donors (Lipinski definition) is 0. The predicted molar refractivity (Wildman–Crippen MR) is 39.7 cm³/mol. The summed E-state index contributed by atoms with van der Waals surface area (Å²) in [5, 5.41) is 0. The quantitative estimate of drug-likeness (QED) is 0.470. The first-order chi connectivity index (χ1) is 5.69. The SMILES string of the molecule is CC#CC(C)(C)OC(=O)C(F)(F)F. The molecule has 0 aromatic heterocycles. The van der Waals surface area contributed by atoms with Gasteiger partial charge in [-0.25, -0.2) is 4.79 Å². The van der Waals surface area contributed by atoms with Gasteiger partial charge in [-0.2, -0.15) is 13.2 Å². The minimum Gasteiger partial charge on any atom is -0.440 e. The van der Waals surface area contributed by atoms with Crippen molar-refractivity contribution in [3.8, 4) is 11.8 Å². The number of halogens is 3. The summed E-state index contributed by atoms with van der Waals surface area (Å²) in [5.41, 5.74) is -1.40. The normalized spacial score (nSPS) is 11.5. The van der Waals surface area contributed by atoms with E-state index in [1.807, 2.05) is 0 Å². The molecule has 2 nitrogen and oxygen atoms in total. The highest BCUT2D eigenvalue weighted by molar-refractivity contribution is 5.76. The summed E-state index contributed by atoms with van der Waals surface area (Å²) in [5.74, 6) is 2.48. The van der Waals surface area contributed by atoms with E-state index in [-0.39, 0.29) is 0 Å². The van der Waals surface area contributed by atoms with Crippen LogP contribution in [-0.2, 0) is 9.53 Å². The van der Waals surface area contributed by atoms with Gasteiger partial charge in [0.25, 0.3) is 0 Å². The standard InChI is InChI=1S/C8H9F3O2/c1-4-5-7(2,3)13-6(12)8(9,10)11/h1-3H3. The highest BCUT2D eigenvalue weighted by Gasteiger charge is 2.43. The Kier molecular flexibility index (Phi) is 3.35. The van der Waals surface area contributed by atoms with Crippen LogP contribution >= 0.6 is 0 Å². The minimum atomic E-state index is -4.97. The molecule has 0 rings (SSSR count). The molecule has 0 unspecified atom stereocenters. The van der Waals surface area contributed by atoms with Crippen LogP contribution in [0.25, 0.3) is 0 Å². The molecule has 0 saturated carbocycles. The van der Waals surface area contributed by atoms with Crippen LogP contribution in [0.5, 0.6) is 0 Å². The summed E-state index contributed by atoms with van der Waals surface area (Å²) in [6.45, 7) is 4.02. The van der Waals surface area contributed by atoms with Gasteiger partial charge in [-0.15, -0.1) is 5.92 Å². The Labute approximate surface area is 74.1 Å². The van der Waals surface area contributed by atoms with E-state index in [1.165, 1.54) is 20.8 Å². The van der Waals surface area contributed by atoms with Crippen LogP contribution in [0.15, 0.2) is 0 Å². The molecular formula is C8H9F3O2. The van der Waals surface area contributed by atoms with Gasteiger partial charge in [0.2, 0.25) is 0 Å². The highest BCUT2D eigenvalue weighted by atomic mass is 19.4. The molecule has 0 atom stereocenters. The lowest BCUT2D eigenvalue weighted by molar-refractivity contribution is -0.207. The summed E-state index contributed by atoms with van der Waals surface area (Å²) < 4.78 is 39.2. The van der Waals surface area contributed by atoms with Crippen molar-refractivity contribution in [2.24, 2.45) is 0 Å². The van der Waals surface area contributed by atoms with E-state index in [1.54, 1.807) is 0 Å². The maximum Gasteiger partial charge on any atom is 0.490 e. The van der Waals surface area contributed by atoms with Gasteiger partial charge in [0.1, 0.15) is 0 Å². The molecule has 0 spiro atoms. The van der Waals surface area contributed by atoms with Crippen molar-refractivity contribution in [3.63, 3.8) is 0 Å². The number of carbonyl (C=O) groups is 1. The first kappa shape index (κ1) is 11.8. The molecule has 0 heterocycles. The number of esters is 1. The first-order valence-electron chi connectivity index (χ1n) is 3.43. The zero-order chi connectivity index (χ0) is 10.7. The Bertz CT molecular complexity index is 255. The van der Waals surface area contributed by atoms with Gasteiger partial charge in [0, 0.05) is 0 Å². The Morgan fingerprint density at radius 2 is 1.77 bits per heavy atom. The summed E-state index contributed by atoms with van der Waals surface area (Å²) in [7, 11) is 0. The molecule has 0 aliphatic carbocycles. The summed E-state index contributed by atoms with van der Waals surface area (Å²) in [6, 6.07) is 0. The highest BCUT2D eigenvalue weighted by Crippen LogP contribution is 2.20. The number of carbonyl (C=O) groups excluding carboxylic acids is 1. The molecule has 0 aromatic rings. The van der Waals surface area contributed by atoms with E-state index in [4.69, 9.17) is 0 Å². The number of hydrogen-bond acceptors (Lipinski definition) is 2. The fourth-order valence-corrected chi connectivity index (χ4v) is 0.616. The van der Waals surface area contributed by atoms with Crippen LogP contribution < -0.4 is 0 Å². The second-order valence-corrected chi connectivity index (χ2v) is 2.77. The van der Waals surface area contributed by atoms with Crippen molar-refractivity contribution in [1.82, 2.24) is 0 Å². The van der Waals surface area contributed by atoms with Crippen molar-refractivity contribution in [2.75, 3.05) is 0 Å². The van der Waals surface area contributed by atoms with Crippen LogP contribution in [0.2, 0.25) is 0 Å². The average Bonchev–Trinajstić information content (AvgIpc) is 1.83. The minimum absolute atomic E-state index is 1.28. The third-order valence-corrected chi connectivity index (χ3v) is 1.01. The smallest absolute Gasteiger partial charge is 0.440 e. The summed E-state index contributed by atoms with van der Waals surface area (Å²) >= 11 is 0. The second kappa shape index (κ2) is 3.69. The zero-order valence-corrected chi connectivity index (χ0v) is 7.45. The molecule has 0 fully saturated rings. The van der Waals surface area contributed by atoms with Crippen LogP contribution in [0.4, 0.5) is 13.2 Å². The van der Waals surface area contributed by atoms with Crippen molar-refractivity contribution in [1.29, 1.82) is 0 Å². The number of rotatable bonds is 1. The van der Waals surface area contributed by atoms with Crippen molar-refractivity contribution >= 4 is 5.97 Å². The maximum atomic E-state index is 11.7. The molecule has 0 aliphatic rings. The molecule has 74 valence electrons. The monoisotopic (exact) mass is 194 g/mol. The largest absolute Gasteiger partial charge is 0.490 e. The van der Waals surface area contributed by atoms with E-state index in [2.05, 4.69) is 16.6 Å². The van der Waals surface area contributed by atoms with Crippen molar-refractivity contribution in [2.45, 2.75) is 32.5 Å². The van der Waals surface area contributed by atoms with Gasteiger partial charge in [-0.3, -0.25) is 0 Å². The van der Waals surface area contributed by atoms with Crippen LogP contribution in [-0.4, -0.2) is 17.7 Å². The van der Waals surface area contributed by atoms with Gasteiger partial charge >= 0.3 is 12.1 Å². The third kappa shape index (κ3) is 4.41. The molecule has 13 heavy (non-hydrogen) atoms. The Balaban J connectivity index is 4.43. The lowest BCUT2D eigenvalue weighted by Gasteiger charge is -2.19. The van der Waals surface area contributed by atoms with Crippen LogP contribution in [0, 0.1) is 11.8 Å². The van der Waals surface area contributed by atoms with Crippen molar-refractivity contribution in [3.05, 3.63) is 0 Å². The number of alkyl halides is 3.